The Hall–Kier alpha value is -7.48. The van der Waals surface area contributed by atoms with Crippen molar-refractivity contribution in [2.24, 2.45) is 0 Å². The summed E-state index contributed by atoms with van der Waals surface area (Å²) < 4.78 is 72.2. The second-order valence-electron chi connectivity index (χ2n) is 23.5. The van der Waals surface area contributed by atoms with E-state index in [9.17, 15) is 63.0 Å². The van der Waals surface area contributed by atoms with Crippen LogP contribution in [0.15, 0.2) is 152 Å². The Bertz CT molecular complexity index is 4400. The number of aromatic hydroxyl groups is 1. The molecule has 0 saturated carbocycles. The van der Waals surface area contributed by atoms with Gasteiger partial charge in [-0.25, -0.2) is 9.59 Å². The fraction of sp³-hybridized carbons (Fsp3) is 0.314. The number of quaternary nitrogens is 2. The van der Waals surface area contributed by atoms with Crippen molar-refractivity contribution >= 4 is 61.1 Å². The normalized spacial score (nSPS) is 12.9. The zero-order chi connectivity index (χ0) is 69.4. The first-order valence-electron chi connectivity index (χ1n) is 30.8. The molecular weight excluding hydrogens is 1370 g/mol. The van der Waals surface area contributed by atoms with Crippen molar-refractivity contribution in [2.75, 3.05) is 107 Å². The van der Waals surface area contributed by atoms with Gasteiger partial charge in [0.05, 0.1) is 65.7 Å². The zero-order valence-electron chi connectivity index (χ0n) is 54.5. The predicted molar refractivity (Wildman–Crippen MR) is 353 cm³/mol. The maximum Gasteiger partial charge on any atom is 0.336 e. The summed E-state index contributed by atoms with van der Waals surface area (Å²) in [4.78, 5) is 98.7. The second kappa shape index (κ2) is 34.8. The quantitative estimate of drug-likeness (QED) is 0.00842. The molecule has 27 heteroatoms. The number of phenolic OH excluding ortho intramolecular Hbond substituents is 1. The maximum atomic E-state index is 13.2. The van der Waals surface area contributed by atoms with Crippen LogP contribution in [-0.4, -0.2) is 155 Å². The first-order chi connectivity index (χ1) is 45.7. The zero-order valence-corrected chi connectivity index (χ0v) is 59.1. The third-order valence-electron chi connectivity index (χ3n) is 15.5. The van der Waals surface area contributed by atoms with Crippen LogP contribution in [-0.2, 0) is 69.4 Å². The van der Waals surface area contributed by atoms with Crippen LogP contribution in [0.3, 0.4) is 0 Å². The third kappa shape index (κ3) is 21.8. The predicted octanol–water partition coefficient (Wildman–Crippen LogP) is 11.0. The summed E-state index contributed by atoms with van der Waals surface area (Å²) in [6, 6.07) is 37.2. The number of aromatic carboxylic acids is 2. The molecule has 0 spiro atoms. The molecule has 5 aromatic carbocycles. The number of ether oxygens (including phenoxy) is 3. The topological polar surface area (TPSA) is 334 Å². The van der Waals surface area contributed by atoms with E-state index in [1.165, 1.54) is 48.5 Å². The molecule has 9 rings (SSSR count). The number of phosphoric ester groups is 2. The number of benzene rings is 7. The molecule has 5 aromatic rings. The van der Waals surface area contributed by atoms with Gasteiger partial charge < -0.3 is 75.2 Å². The first-order valence-corrected chi connectivity index (χ1v) is 33.7. The summed E-state index contributed by atoms with van der Waals surface area (Å²) >= 11 is 0. The van der Waals surface area contributed by atoms with Gasteiger partial charge in [-0.15, -0.1) is 12.1 Å². The number of hydrogen-bond donors (Lipinski definition) is 3. The van der Waals surface area contributed by atoms with Gasteiger partial charge in [0, 0.05) is 133 Å². The molecule has 4 aliphatic rings. The Morgan fingerprint density at radius 3 is 1.37 bits per heavy atom. The molecule has 1 radical (unpaired) electrons. The fourth-order valence-electron chi connectivity index (χ4n) is 10.4. The Balaban J connectivity index is 0.000000273. The summed E-state index contributed by atoms with van der Waals surface area (Å²) in [5.41, 5.74) is 3.21. The number of carbonyl (C=O) groups is 4. The molecule has 2 atom stereocenters. The summed E-state index contributed by atoms with van der Waals surface area (Å²) in [5.74, 6) is -1.39. The number of likely N-dealkylation sites (N-methyl/N-ethyl adjacent to an activating group) is 2. The van der Waals surface area contributed by atoms with E-state index in [2.05, 4.69) is 15.1 Å². The Morgan fingerprint density at radius 2 is 0.928 bits per heavy atom. The van der Waals surface area contributed by atoms with Crippen molar-refractivity contribution in [3.05, 3.63) is 182 Å². The molecule has 0 fully saturated rings. The summed E-state index contributed by atoms with van der Waals surface area (Å²) in [5, 5.41) is 31.6. The SMILES string of the molecule is CCOP(=O)([O-])OCC[N+](C)(C)CCOCCCC(=O)c1ccc(-c2c3ccc(=O)cc-3oc3cc(O)ccc23)c(C(=O)O)c1.CCOP(=O)([O-])OCC[N+](C)(C)CCOCCCC(=O)c1ccc(-c2c3ccc(=O)cc-3oc3cc(Oc4cc[c-]cc4)ccc23)c(C(=O)O)c1.[Y]. The van der Waals surface area contributed by atoms with Crippen molar-refractivity contribution in [3.8, 4) is 62.1 Å². The smallest absolute Gasteiger partial charge is 0.336 e. The maximum absolute atomic E-state index is 13.2. The van der Waals surface area contributed by atoms with Crippen LogP contribution < -0.4 is 25.4 Å². The molecule has 0 bridgehead atoms. The van der Waals surface area contributed by atoms with Gasteiger partial charge >= 0.3 is 11.9 Å². The van der Waals surface area contributed by atoms with Crippen molar-refractivity contribution in [2.45, 2.75) is 39.5 Å². The van der Waals surface area contributed by atoms with E-state index in [1.807, 2.05) is 28.2 Å². The van der Waals surface area contributed by atoms with E-state index in [0.717, 1.165) is 0 Å². The molecule has 2 heterocycles. The minimum absolute atomic E-state index is 0. The Morgan fingerprint density at radius 1 is 0.505 bits per heavy atom. The van der Waals surface area contributed by atoms with Gasteiger partial charge in [-0.05, 0) is 98.5 Å². The molecule has 0 aromatic heterocycles. The first kappa shape index (κ1) is 76.9. The Labute approximate surface area is 584 Å². The standard InChI is InChI=1S/C38H40NO11P.C32H36NO11P.Y/c1-4-47-51(44,45)48-22-19-39(2,3)18-21-46-20-8-11-34(41)26-12-15-30(33(23-26)38(42)43)37-31-16-13-27(40)24-35(31)50-36-25-29(14-17-32(36)37)49-28-9-6-5-7-10-28;1-4-42-45(39,40)43-17-14-33(2,3)13-16-41-15-5-6-28(36)21-7-10-24(27(18-21)32(37)38)31-25-11-8-22(34)19-29(25)44-30-20-23(35)9-12-26(30)31;/h6-7,9-10,12-17,23-25H,4,8,11,18-22H2,1-3H3,(H,42,43)(H,44,45);7-12,18-20H,4-6,13-17H2,1-3H3,(H2-,34,35,37,38,39,40);/p-1. The fourth-order valence-corrected chi connectivity index (χ4v) is 11.7. The number of nitrogens with zero attached hydrogens (tertiary/aromatic N) is 2. The number of ketones is 2. The van der Waals surface area contributed by atoms with E-state index >= 15 is 0 Å². The van der Waals surface area contributed by atoms with Crippen molar-refractivity contribution in [3.63, 3.8) is 0 Å². The van der Waals surface area contributed by atoms with Crippen LogP contribution in [0.25, 0.3) is 66.8 Å². The van der Waals surface area contributed by atoms with Crippen LogP contribution in [0.2, 0.25) is 0 Å². The van der Waals surface area contributed by atoms with Gasteiger partial charge in [-0.3, -0.25) is 28.3 Å². The number of carboxylic acids is 2. The van der Waals surface area contributed by atoms with Crippen LogP contribution in [0.5, 0.6) is 17.2 Å². The Kier molecular flexibility index (Phi) is 27.6. The van der Waals surface area contributed by atoms with Crippen LogP contribution >= 0.6 is 15.6 Å². The average Bonchev–Trinajstić information content (AvgIpc) is 0.755. The molecule has 0 amide bonds. The molecule has 511 valence electrons. The van der Waals surface area contributed by atoms with Crippen LogP contribution in [0, 0.1) is 6.07 Å². The summed E-state index contributed by atoms with van der Waals surface area (Å²) in [6.07, 6.45) is 1.13. The van der Waals surface area contributed by atoms with Gasteiger partial charge in [0.15, 0.2) is 22.4 Å². The number of phenols is 1. The molecule has 3 N–H and O–H groups in total. The van der Waals surface area contributed by atoms with Crippen molar-refractivity contribution in [1.82, 2.24) is 0 Å². The van der Waals surface area contributed by atoms with Gasteiger partial charge in [-0.1, -0.05) is 24.3 Å². The number of hydrogen-bond acceptors (Lipinski definition) is 20. The second-order valence-corrected chi connectivity index (χ2v) is 26.3. The minimum Gasteiger partial charge on any atom is -0.756 e. The average molecular weight is 1450 g/mol. The number of carboxylic acid groups (broad SMARTS) is 2. The molecule has 2 unspecified atom stereocenters. The number of fused-ring (bicyclic) bond motifs is 4. The van der Waals surface area contributed by atoms with E-state index in [4.69, 9.17) is 32.1 Å². The van der Waals surface area contributed by atoms with Gasteiger partial charge in [-0.2, -0.15) is 18.2 Å². The monoisotopic (exact) mass is 1450 g/mol. The molecule has 2 aliphatic carbocycles. The van der Waals surface area contributed by atoms with Crippen molar-refractivity contribution < 1.29 is 136 Å². The van der Waals surface area contributed by atoms with E-state index in [0.29, 0.717) is 136 Å². The molecule has 2 aliphatic heterocycles. The number of carbonyl (C=O) groups excluding carboxylic acids is 2. The van der Waals surface area contributed by atoms with Gasteiger partial charge in [0.25, 0.3) is 15.6 Å². The molecule has 97 heavy (non-hydrogen) atoms. The number of Topliss-reactive ketones (excluding diaryl/α,β-unsaturated/α-hetero) is 2. The van der Waals surface area contributed by atoms with Gasteiger partial charge in [0.1, 0.15) is 73.6 Å². The largest absolute Gasteiger partial charge is 0.756 e. The summed E-state index contributed by atoms with van der Waals surface area (Å²) in [6.45, 7) is 6.54. The van der Waals surface area contributed by atoms with Gasteiger partial charge in [0.2, 0.25) is 0 Å². The van der Waals surface area contributed by atoms with Crippen LogP contribution in [0.1, 0.15) is 81.0 Å². The number of rotatable bonds is 34. The van der Waals surface area contributed by atoms with Crippen molar-refractivity contribution in [1.29, 1.82) is 0 Å². The summed E-state index contributed by atoms with van der Waals surface area (Å²) in [7, 11) is -0.904. The minimum atomic E-state index is -4.29. The third-order valence-corrected chi connectivity index (χ3v) is 17.6. The molecule has 24 nitrogen and oxygen atoms in total. The van der Waals surface area contributed by atoms with E-state index in [-0.39, 0.29) is 140 Å². The van der Waals surface area contributed by atoms with Crippen LogP contribution in [0.4, 0.5) is 0 Å². The number of phosphoric acid groups is 2. The molecular formula is C70H75N2O22P2Y-. The van der Waals surface area contributed by atoms with E-state index < -0.39 is 27.6 Å². The van der Waals surface area contributed by atoms with E-state index in [1.54, 1.807) is 98.8 Å². The molecule has 0 saturated heterocycles.